The minimum Gasteiger partial charge on any atom is -0.394 e. The summed E-state index contributed by atoms with van der Waals surface area (Å²) in [7, 11) is 0. The molecule has 94 valence electrons. The molecule has 0 radical (unpaired) electrons. The van der Waals surface area contributed by atoms with Crippen molar-refractivity contribution >= 4 is 17.5 Å². The first-order chi connectivity index (χ1) is 7.93. The van der Waals surface area contributed by atoms with Crippen molar-refractivity contribution in [2.24, 2.45) is 0 Å². The molecule has 5 heteroatoms. The molecule has 1 aromatic rings. The number of nitrogens with one attached hydrogen (secondary N) is 1. The van der Waals surface area contributed by atoms with Crippen LogP contribution in [0, 0.1) is 5.82 Å². The number of rotatable bonds is 4. The highest BCUT2D eigenvalue weighted by atomic mass is 35.5. The smallest absolute Gasteiger partial charge is 0.254 e. The van der Waals surface area contributed by atoms with Crippen LogP contribution in [0.1, 0.15) is 30.6 Å². The molecule has 3 nitrogen and oxygen atoms in total. The van der Waals surface area contributed by atoms with E-state index in [1.54, 1.807) is 6.92 Å². The fourth-order valence-electron chi connectivity index (χ4n) is 1.26. The fraction of sp³-hybridized carbons (Fsp3) is 0.417. The van der Waals surface area contributed by atoms with Crippen molar-refractivity contribution in [1.82, 2.24) is 5.32 Å². The second-order valence-corrected chi connectivity index (χ2v) is 4.54. The van der Waals surface area contributed by atoms with Gasteiger partial charge in [0.15, 0.2) is 5.82 Å². The van der Waals surface area contributed by atoms with Gasteiger partial charge in [-0.25, -0.2) is 4.39 Å². The molecule has 0 aromatic heterocycles. The Bertz CT molecular complexity index is 419. The van der Waals surface area contributed by atoms with Gasteiger partial charge in [0, 0.05) is 0 Å². The Balaban J connectivity index is 2.94. The van der Waals surface area contributed by atoms with Gasteiger partial charge in [-0.2, -0.15) is 0 Å². The van der Waals surface area contributed by atoms with Gasteiger partial charge < -0.3 is 10.4 Å². The summed E-state index contributed by atoms with van der Waals surface area (Å²) in [4.78, 5) is 11.8. The van der Waals surface area contributed by atoms with E-state index in [0.717, 1.165) is 0 Å². The third-order valence-corrected chi connectivity index (χ3v) is 3.03. The first-order valence-corrected chi connectivity index (χ1v) is 5.68. The molecule has 0 saturated heterocycles. The van der Waals surface area contributed by atoms with Gasteiger partial charge in [0.05, 0.1) is 22.7 Å². The van der Waals surface area contributed by atoms with Crippen LogP contribution in [0.2, 0.25) is 5.02 Å². The minimum absolute atomic E-state index is 0.0974. The van der Waals surface area contributed by atoms with E-state index in [2.05, 4.69) is 5.32 Å². The van der Waals surface area contributed by atoms with Gasteiger partial charge >= 0.3 is 0 Å². The first-order valence-electron chi connectivity index (χ1n) is 5.31. The van der Waals surface area contributed by atoms with E-state index >= 15 is 0 Å². The van der Waals surface area contributed by atoms with Crippen molar-refractivity contribution in [2.75, 3.05) is 6.61 Å². The highest BCUT2D eigenvalue weighted by Gasteiger charge is 2.25. The van der Waals surface area contributed by atoms with Crippen LogP contribution in [0.25, 0.3) is 0 Å². The zero-order valence-corrected chi connectivity index (χ0v) is 10.5. The van der Waals surface area contributed by atoms with E-state index in [9.17, 15) is 14.3 Å². The minimum atomic E-state index is -0.758. The van der Waals surface area contributed by atoms with E-state index in [-0.39, 0.29) is 17.2 Å². The van der Waals surface area contributed by atoms with Crippen molar-refractivity contribution in [3.63, 3.8) is 0 Å². The van der Waals surface area contributed by atoms with Crippen LogP contribution in [0.3, 0.4) is 0 Å². The third-order valence-electron chi connectivity index (χ3n) is 2.74. The van der Waals surface area contributed by atoms with Crippen LogP contribution in [0.5, 0.6) is 0 Å². The number of halogens is 2. The molecule has 1 unspecified atom stereocenters. The van der Waals surface area contributed by atoms with Crippen molar-refractivity contribution in [1.29, 1.82) is 0 Å². The Morgan fingerprint density at radius 2 is 2.24 bits per heavy atom. The maximum Gasteiger partial charge on any atom is 0.254 e. The van der Waals surface area contributed by atoms with E-state index in [1.165, 1.54) is 18.2 Å². The Kier molecular flexibility index (Phi) is 4.48. The van der Waals surface area contributed by atoms with Crippen LogP contribution in [-0.4, -0.2) is 23.2 Å². The van der Waals surface area contributed by atoms with Gasteiger partial charge in [0.1, 0.15) is 0 Å². The van der Waals surface area contributed by atoms with Crippen molar-refractivity contribution in [2.45, 2.75) is 25.8 Å². The maximum atomic E-state index is 13.6. The summed E-state index contributed by atoms with van der Waals surface area (Å²) in [6.07, 6.45) is 0.539. The summed E-state index contributed by atoms with van der Waals surface area (Å²) in [6.45, 7) is 3.30. The Hall–Kier alpha value is -1.13. The third kappa shape index (κ3) is 3.17. The van der Waals surface area contributed by atoms with Crippen molar-refractivity contribution < 1.29 is 14.3 Å². The average Bonchev–Trinajstić information content (AvgIpc) is 2.32. The molecule has 0 aliphatic carbocycles. The maximum absolute atomic E-state index is 13.6. The lowest BCUT2D eigenvalue weighted by molar-refractivity contribution is 0.0843. The number of hydrogen-bond donors (Lipinski definition) is 2. The molecule has 0 fully saturated rings. The Morgan fingerprint density at radius 1 is 1.59 bits per heavy atom. The first kappa shape index (κ1) is 13.9. The largest absolute Gasteiger partial charge is 0.394 e. The van der Waals surface area contributed by atoms with Gasteiger partial charge in [0.2, 0.25) is 0 Å². The number of amides is 1. The molecule has 0 bridgehead atoms. The molecular formula is C12H15ClFNO2. The predicted octanol–water partition coefficient (Wildman–Crippen LogP) is 2.37. The van der Waals surface area contributed by atoms with Crippen molar-refractivity contribution in [3.05, 3.63) is 34.6 Å². The summed E-state index contributed by atoms with van der Waals surface area (Å²) >= 11 is 5.59. The van der Waals surface area contributed by atoms with E-state index < -0.39 is 17.3 Å². The highest BCUT2D eigenvalue weighted by molar-refractivity contribution is 6.31. The van der Waals surface area contributed by atoms with Crippen LogP contribution in [0.4, 0.5) is 4.39 Å². The van der Waals surface area contributed by atoms with Gasteiger partial charge in [-0.15, -0.1) is 0 Å². The van der Waals surface area contributed by atoms with Crippen LogP contribution >= 0.6 is 11.6 Å². The van der Waals surface area contributed by atoms with E-state index in [1.807, 2.05) is 6.92 Å². The monoisotopic (exact) mass is 259 g/mol. The number of aliphatic hydroxyl groups excluding tert-OH is 1. The second-order valence-electron chi connectivity index (χ2n) is 4.13. The molecule has 1 rings (SSSR count). The summed E-state index contributed by atoms with van der Waals surface area (Å²) in [5.41, 5.74) is -0.878. The zero-order chi connectivity index (χ0) is 13.1. The molecule has 17 heavy (non-hydrogen) atoms. The Morgan fingerprint density at radius 3 is 2.76 bits per heavy atom. The van der Waals surface area contributed by atoms with Crippen LogP contribution < -0.4 is 5.32 Å². The quantitative estimate of drug-likeness (QED) is 0.872. The Labute approximate surface area is 105 Å². The highest BCUT2D eigenvalue weighted by Crippen LogP contribution is 2.19. The molecule has 0 aliphatic rings. The molecule has 0 aliphatic heterocycles. The standard InChI is InChI=1S/C12H15ClFNO2/c1-3-12(2,7-16)15-11(17)8-5-4-6-9(13)10(8)14/h4-6,16H,3,7H2,1-2H3,(H,15,17). The van der Waals surface area contributed by atoms with Gasteiger partial charge in [0.25, 0.3) is 5.91 Å². The molecule has 1 amide bonds. The number of carbonyl (C=O) groups excluding carboxylic acids is 1. The van der Waals surface area contributed by atoms with Crippen LogP contribution in [0.15, 0.2) is 18.2 Å². The number of aliphatic hydroxyl groups is 1. The molecular weight excluding hydrogens is 245 g/mol. The average molecular weight is 260 g/mol. The summed E-state index contributed by atoms with van der Waals surface area (Å²) in [5.74, 6) is -1.33. The molecule has 1 aromatic carbocycles. The lowest BCUT2D eigenvalue weighted by Gasteiger charge is -2.27. The zero-order valence-electron chi connectivity index (χ0n) is 9.76. The number of benzene rings is 1. The van der Waals surface area contributed by atoms with Gasteiger partial charge in [-0.1, -0.05) is 24.6 Å². The molecule has 0 spiro atoms. The topological polar surface area (TPSA) is 49.3 Å². The van der Waals surface area contributed by atoms with E-state index in [4.69, 9.17) is 11.6 Å². The summed E-state index contributed by atoms with van der Waals surface area (Å²) in [5, 5.41) is 11.7. The predicted molar refractivity (Wildman–Crippen MR) is 64.7 cm³/mol. The van der Waals surface area contributed by atoms with E-state index in [0.29, 0.717) is 6.42 Å². The molecule has 1 atom stereocenters. The number of carbonyl (C=O) groups is 1. The summed E-state index contributed by atoms with van der Waals surface area (Å²) < 4.78 is 13.6. The SMILES string of the molecule is CCC(C)(CO)NC(=O)c1cccc(Cl)c1F. The lowest BCUT2D eigenvalue weighted by Crippen LogP contribution is -2.48. The van der Waals surface area contributed by atoms with Gasteiger partial charge in [-0.05, 0) is 25.5 Å². The van der Waals surface area contributed by atoms with Crippen LogP contribution in [-0.2, 0) is 0 Å². The summed E-state index contributed by atoms with van der Waals surface area (Å²) in [6, 6.07) is 4.23. The number of hydrogen-bond acceptors (Lipinski definition) is 2. The molecule has 0 heterocycles. The molecule has 0 saturated carbocycles. The second kappa shape index (κ2) is 5.47. The van der Waals surface area contributed by atoms with Crippen molar-refractivity contribution in [3.8, 4) is 0 Å². The molecule has 2 N–H and O–H groups in total. The fourth-order valence-corrected chi connectivity index (χ4v) is 1.43. The normalized spacial score (nSPS) is 14.2. The lowest BCUT2D eigenvalue weighted by atomic mass is 9.99. The van der Waals surface area contributed by atoms with Gasteiger partial charge in [-0.3, -0.25) is 4.79 Å².